The fraction of sp³-hybridized carbons (Fsp3) is 0.600. The average molecular weight is 235 g/mol. The van der Waals surface area contributed by atoms with Gasteiger partial charge in [0.1, 0.15) is 5.75 Å². The zero-order valence-electron chi connectivity index (χ0n) is 11.7. The van der Waals surface area contributed by atoms with Gasteiger partial charge in [0.2, 0.25) is 0 Å². The first-order valence-electron chi connectivity index (χ1n) is 6.46. The fourth-order valence-electron chi connectivity index (χ4n) is 2.03. The number of rotatable bonds is 6. The zero-order valence-corrected chi connectivity index (χ0v) is 11.7. The molecule has 0 radical (unpaired) electrons. The molecule has 1 aromatic rings. The van der Waals surface area contributed by atoms with Crippen LogP contribution in [0, 0.1) is 0 Å². The van der Waals surface area contributed by atoms with Crippen molar-refractivity contribution in [3.05, 3.63) is 29.3 Å². The topological polar surface area (TPSA) is 21.3 Å². The second-order valence-electron chi connectivity index (χ2n) is 4.82. The first kappa shape index (κ1) is 14.0. The van der Waals surface area contributed by atoms with Crippen molar-refractivity contribution in [1.29, 1.82) is 0 Å². The van der Waals surface area contributed by atoms with Crippen LogP contribution in [-0.4, -0.2) is 20.2 Å². The summed E-state index contributed by atoms with van der Waals surface area (Å²) in [5.74, 6) is 1.57. The summed E-state index contributed by atoms with van der Waals surface area (Å²) in [6.07, 6.45) is 2.16. The van der Waals surface area contributed by atoms with Crippen LogP contribution in [0.4, 0.5) is 0 Å². The van der Waals surface area contributed by atoms with E-state index in [0.717, 1.165) is 18.6 Å². The van der Waals surface area contributed by atoms with Crippen LogP contribution < -0.4 is 10.1 Å². The van der Waals surface area contributed by atoms with Gasteiger partial charge in [-0.3, -0.25) is 0 Å². The SMILES string of the molecule is CCC(Cc1cc(C(C)C)ccc1OC)NC. The second kappa shape index (κ2) is 6.65. The molecule has 0 aliphatic heterocycles. The number of nitrogens with one attached hydrogen (secondary N) is 1. The van der Waals surface area contributed by atoms with E-state index in [1.165, 1.54) is 11.1 Å². The van der Waals surface area contributed by atoms with Gasteiger partial charge in [-0.15, -0.1) is 0 Å². The summed E-state index contributed by atoms with van der Waals surface area (Å²) >= 11 is 0. The van der Waals surface area contributed by atoms with E-state index in [-0.39, 0.29) is 0 Å². The predicted octanol–water partition coefficient (Wildman–Crippen LogP) is 3.36. The van der Waals surface area contributed by atoms with E-state index in [2.05, 4.69) is 44.3 Å². The Hall–Kier alpha value is -1.02. The quantitative estimate of drug-likeness (QED) is 0.816. The van der Waals surface area contributed by atoms with E-state index >= 15 is 0 Å². The van der Waals surface area contributed by atoms with Crippen molar-refractivity contribution in [1.82, 2.24) is 5.32 Å². The van der Waals surface area contributed by atoms with E-state index in [1.807, 2.05) is 7.05 Å². The molecule has 1 atom stereocenters. The largest absolute Gasteiger partial charge is 0.496 e. The maximum Gasteiger partial charge on any atom is 0.122 e. The maximum atomic E-state index is 5.44. The molecule has 1 unspecified atom stereocenters. The molecule has 0 bridgehead atoms. The summed E-state index contributed by atoms with van der Waals surface area (Å²) in [7, 11) is 3.77. The molecule has 96 valence electrons. The van der Waals surface area contributed by atoms with Gasteiger partial charge >= 0.3 is 0 Å². The molecule has 0 saturated carbocycles. The summed E-state index contributed by atoms with van der Waals surface area (Å²) in [4.78, 5) is 0. The highest BCUT2D eigenvalue weighted by Crippen LogP contribution is 2.25. The van der Waals surface area contributed by atoms with Crippen LogP contribution in [0.15, 0.2) is 18.2 Å². The number of hydrogen-bond acceptors (Lipinski definition) is 2. The van der Waals surface area contributed by atoms with Crippen LogP contribution in [0.25, 0.3) is 0 Å². The molecule has 0 aromatic heterocycles. The molecule has 0 aliphatic carbocycles. The van der Waals surface area contributed by atoms with Gasteiger partial charge < -0.3 is 10.1 Å². The molecule has 2 heteroatoms. The lowest BCUT2D eigenvalue weighted by Crippen LogP contribution is -2.26. The summed E-state index contributed by atoms with van der Waals surface area (Å²) in [5, 5.41) is 3.34. The monoisotopic (exact) mass is 235 g/mol. The van der Waals surface area contributed by atoms with Gasteiger partial charge in [0.25, 0.3) is 0 Å². The van der Waals surface area contributed by atoms with Gasteiger partial charge in [0.15, 0.2) is 0 Å². The van der Waals surface area contributed by atoms with Crippen molar-refractivity contribution in [3.63, 3.8) is 0 Å². The van der Waals surface area contributed by atoms with Crippen LogP contribution in [-0.2, 0) is 6.42 Å². The first-order valence-corrected chi connectivity index (χ1v) is 6.46. The third-order valence-corrected chi connectivity index (χ3v) is 3.34. The lowest BCUT2D eigenvalue weighted by Gasteiger charge is -2.18. The standard InChI is InChI=1S/C15H25NO/c1-6-14(16-4)10-13-9-12(11(2)3)7-8-15(13)17-5/h7-9,11,14,16H,6,10H2,1-5H3. The fourth-order valence-corrected chi connectivity index (χ4v) is 2.03. The molecule has 0 aliphatic rings. The summed E-state index contributed by atoms with van der Waals surface area (Å²) in [6, 6.07) is 7.05. The Morgan fingerprint density at radius 1 is 1.29 bits per heavy atom. The number of ether oxygens (including phenoxy) is 1. The first-order chi connectivity index (χ1) is 8.12. The Morgan fingerprint density at radius 2 is 2.00 bits per heavy atom. The van der Waals surface area contributed by atoms with Crippen molar-refractivity contribution in [3.8, 4) is 5.75 Å². The van der Waals surface area contributed by atoms with Crippen LogP contribution in [0.1, 0.15) is 44.2 Å². The van der Waals surface area contributed by atoms with Crippen LogP contribution in [0.2, 0.25) is 0 Å². The molecule has 2 nitrogen and oxygen atoms in total. The number of hydrogen-bond donors (Lipinski definition) is 1. The zero-order chi connectivity index (χ0) is 12.8. The minimum atomic E-state index is 0.520. The summed E-state index contributed by atoms with van der Waals surface area (Å²) < 4.78 is 5.44. The predicted molar refractivity (Wildman–Crippen MR) is 73.9 cm³/mol. The normalized spacial score (nSPS) is 12.8. The van der Waals surface area contributed by atoms with Crippen molar-refractivity contribution >= 4 is 0 Å². The smallest absolute Gasteiger partial charge is 0.122 e. The molecule has 0 spiro atoms. The number of benzene rings is 1. The van der Waals surface area contributed by atoms with Gasteiger partial charge in [-0.25, -0.2) is 0 Å². The van der Waals surface area contributed by atoms with Crippen LogP contribution >= 0.6 is 0 Å². The van der Waals surface area contributed by atoms with Gasteiger partial charge in [-0.2, -0.15) is 0 Å². The minimum absolute atomic E-state index is 0.520. The molecule has 1 N–H and O–H groups in total. The Balaban J connectivity index is 2.97. The Kier molecular flexibility index (Phi) is 5.49. The van der Waals surface area contributed by atoms with Gasteiger partial charge in [0, 0.05) is 6.04 Å². The minimum Gasteiger partial charge on any atom is -0.496 e. The number of methoxy groups -OCH3 is 1. The summed E-state index contributed by atoms with van der Waals surface area (Å²) in [6.45, 7) is 6.65. The van der Waals surface area contributed by atoms with E-state index in [0.29, 0.717) is 12.0 Å². The molecule has 1 aromatic carbocycles. The molecule has 17 heavy (non-hydrogen) atoms. The molecule has 0 saturated heterocycles. The van der Waals surface area contributed by atoms with Crippen LogP contribution in [0.5, 0.6) is 5.75 Å². The third kappa shape index (κ3) is 3.74. The van der Waals surface area contributed by atoms with Crippen molar-refractivity contribution in [2.75, 3.05) is 14.2 Å². The van der Waals surface area contributed by atoms with E-state index in [1.54, 1.807) is 7.11 Å². The Morgan fingerprint density at radius 3 is 2.47 bits per heavy atom. The van der Waals surface area contributed by atoms with Crippen LogP contribution in [0.3, 0.4) is 0 Å². The van der Waals surface area contributed by atoms with Crippen molar-refractivity contribution in [2.24, 2.45) is 0 Å². The molecule has 1 rings (SSSR count). The van der Waals surface area contributed by atoms with E-state index in [9.17, 15) is 0 Å². The molecule has 0 amide bonds. The van der Waals surface area contributed by atoms with Gasteiger partial charge in [0.05, 0.1) is 7.11 Å². The van der Waals surface area contributed by atoms with Gasteiger partial charge in [-0.1, -0.05) is 32.9 Å². The van der Waals surface area contributed by atoms with Crippen molar-refractivity contribution < 1.29 is 4.74 Å². The number of likely N-dealkylation sites (N-methyl/N-ethyl adjacent to an activating group) is 1. The molecular formula is C15H25NO. The molecule has 0 heterocycles. The van der Waals surface area contributed by atoms with Gasteiger partial charge in [-0.05, 0) is 43.0 Å². The highest BCUT2D eigenvalue weighted by atomic mass is 16.5. The maximum absolute atomic E-state index is 5.44. The second-order valence-corrected chi connectivity index (χ2v) is 4.82. The lowest BCUT2D eigenvalue weighted by atomic mass is 9.96. The Labute approximate surface area is 105 Å². The van der Waals surface area contributed by atoms with E-state index < -0.39 is 0 Å². The Bertz CT molecular complexity index is 343. The molecular weight excluding hydrogens is 210 g/mol. The highest BCUT2D eigenvalue weighted by Gasteiger charge is 2.11. The lowest BCUT2D eigenvalue weighted by molar-refractivity contribution is 0.405. The van der Waals surface area contributed by atoms with E-state index in [4.69, 9.17) is 4.74 Å². The molecule has 0 fully saturated rings. The van der Waals surface area contributed by atoms with Crippen molar-refractivity contribution in [2.45, 2.75) is 45.6 Å². The third-order valence-electron chi connectivity index (χ3n) is 3.34. The highest BCUT2D eigenvalue weighted by molar-refractivity contribution is 5.39. The average Bonchev–Trinajstić information content (AvgIpc) is 2.35. The summed E-state index contributed by atoms with van der Waals surface area (Å²) in [5.41, 5.74) is 2.69.